The van der Waals surface area contributed by atoms with Crippen molar-refractivity contribution in [2.45, 2.75) is 25.7 Å². The Labute approximate surface area is 104 Å². The summed E-state index contributed by atoms with van der Waals surface area (Å²) < 4.78 is 9.92. The van der Waals surface area contributed by atoms with Gasteiger partial charge in [-0.15, -0.1) is 0 Å². The standard InChI is InChI=1S/C13H14O5/c1-2-17-13(16)11(15)12-10(14)9-6-4-3-5-8(9)7-18-12/h3-6,11-12,15H,2,7H2,1H3. The van der Waals surface area contributed by atoms with Crippen LogP contribution in [0.3, 0.4) is 0 Å². The first-order valence-electron chi connectivity index (χ1n) is 5.73. The van der Waals surface area contributed by atoms with E-state index in [0.29, 0.717) is 5.56 Å². The fourth-order valence-electron chi connectivity index (χ4n) is 1.88. The number of hydrogen-bond acceptors (Lipinski definition) is 5. The zero-order valence-electron chi connectivity index (χ0n) is 9.96. The minimum atomic E-state index is -1.58. The molecule has 1 aromatic carbocycles. The Morgan fingerprint density at radius 1 is 1.56 bits per heavy atom. The first kappa shape index (κ1) is 12.7. The zero-order valence-corrected chi connectivity index (χ0v) is 9.96. The lowest BCUT2D eigenvalue weighted by molar-refractivity contribution is -0.160. The molecule has 5 nitrogen and oxygen atoms in total. The normalized spacial score (nSPS) is 20.1. The molecule has 2 atom stereocenters. The molecule has 1 aliphatic heterocycles. The predicted molar refractivity (Wildman–Crippen MR) is 62.0 cm³/mol. The van der Waals surface area contributed by atoms with Crippen LogP contribution < -0.4 is 0 Å². The minimum absolute atomic E-state index is 0.146. The number of esters is 1. The Bertz CT molecular complexity index is 468. The van der Waals surface area contributed by atoms with E-state index >= 15 is 0 Å². The number of fused-ring (bicyclic) bond motifs is 1. The van der Waals surface area contributed by atoms with E-state index in [1.165, 1.54) is 0 Å². The van der Waals surface area contributed by atoms with E-state index in [4.69, 9.17) is 4.74 Å². The highest BCUT2D eigenvalue weighted by Gasteiger charge is 2.38. The van der Waals surface area contributed by atoms with Crippen molar-refractivity contribution in [3.63, 3.8) is 0 Å². The van der Waals surface area contributed by atoms with Gasteiger partial charge in [0.05, 0.1) is 13.2 Å². The number of hydrogen-bond donors (Lipinski definition) is 1. The van der Waals surface area contributed by atoms with Gasteiger partial charge < -0.3 is 14.6 Å². The minimum Gasteiger partial charge on any atom is -0.464 e. The summed E-state index contributed by atoms with van der Waals surface area (Å²) in [5.74, 6) is -1.23. The second-order valence-corrected chi connectivity index (χ2v) is 3.95. The number of benzene rings is 1. The molecule has 0 radical (unpaired) electrons. The van der Waals surface area contributed by atoms with Crippen molar-refractivity contribution in [2.75, 3.05) is 6.61 Å². The number of rotatable bonds is 3. The lowest BCUT2D eigenvalue weighted by atomic mass is 9.95. The molecule has 0 spiro atoms. The van der Waals surface area contributed by atoms with Crippen LogP contribution in [-0.4, -0.2) is 35.7 Å². The Hall–Kier alpha value is -1.72. The molecule has 0 saturated carbocycles. The third-order valence-electron chi connectivity index (χ3n) is 2.77. The van der Waals surface area contributed by atoms with Crippen molar-refractivity contribution in [3.05, 3.63) is 35.4 Å². The van der Waals surface area contributed by atoms with Gasteiger partial charge >= 0.3 is 5.97 Å². The molecule has 0 fully saturated rings. The Morgan fingerprint density at radius 3 is 3.00 bits per heavy atom. The van der Waals surface area contributed by atoms with Crippen LogP contribution in [0, 0.1) is 0 Å². The molecule has 0 saturated heterocycles. The van der Waals surface area contributed by atoms with E-state index < -0.39 is 24.0 Å². The van der Waals surface area contributed by atoms with E-state index in [1.807, 2.05) is 0 Å². The van der Waals surface area contributed by atoms with E-state index in [9.17, 15) is 14.7 Å². The summed E-state index contributed by atoms with van der Waals surface area (Å²) in [6, 6.07) is 6.97. The molecule has 2 rings (SSSR count). The summed E-state index contributed by atoms with van der Waals surface area (Å²) in [5, 5.41) is 9.75. The van der Waals surface area contributed by atoms with Crippen LogP contribution in [-0.2, 0) is 20.9 Å². The fraction of sp³-hybridized carbons (Fsp3) is 0.385. The van der Waals surface area contributed by atoms with E-state index in [2.05, 4.69) is 4.74 Å². The summed E-state index contributed by atoms with van der Waals surface area (Å²) >= 11 is 0. The maximum Gasteiger partial charge on any atom is 0.338 e. The van der Waals surface area contributed by atoms with Gasteiger partial charge in [0, 0.05) is 5.56 Å². The lowest BCUT2D eigenvalue weighted by Crippen LogP contribution is -2.44. The number of aliphatic hydroxyl groups excluding tert-OH is 1. The summed E-state index contributed by atoms with van der Waals surface area (Å²) in [7, 11) is 0. The van der Waals surface area contributed by atoms with Gasteiger partial charge in [-0.2, -0.15) is 0 Å². The molecule has 0 amide bonds. The summed E-state index contributed by atoms with van der Waals surface area (Å²) in [4.78, 5) is 23.5. The molecule has 18 heavy (non-hydrogen) atoms. The maximum absolute atomic E-state index is 12.1. The van der Waals surface area contributed by atoms with Crippen molar-refractivity contribution in [2.24, 2.45) is 0 Å². The number of carbonyl (C=O) groups excluding carboxylic acids is 2. The summed E-state index contributed by atoms with van der Waals surface area (Å²) in [6.07, 6.45) is -2.76. The molecule has 0 aliphatic carbocycles. The van der Waals surface area contributed by atoms with Crippen LogP contribution in [0.1, 0.15) is 22.8 Å². The van der Waals surface area contributed by atoms with Crippen LogP contribution in [0.15, 0.2) is 24.3 Å². The Morgan fingerprint density at radius 2 is 2.28 bits per heavy atom. The van der Waals surface area contributed by atoms with Gasteiger partial charge in [-0.25, -0.2) is 4.79 Å². The fourth-order valence-corrected chi connectivity index (χ4v) is 1.88. The van der Waals surface area contributed by atoms with Crippen LogP contribution in [0.4, 0.5) is 0 Å². The Kier molecular flexibility index (Phi) is 3.74. The van der Waals surface area contributed by atoms with Crippen molar-refractivity contribution in [1.82, 2.24) is 0 Å². The number of Topliss-reactive ketones (excluding diaryl/α,β-unsaturated/α-hetero) is 1. The number of carbonyl (C=O) groups is 2. The number of ketones is 1. The molecule has 5 heteroatoms. The van der Waals surface area contributed by atoms with Crippen LogP contribution in [0.5, 0.6) is 0 Å². The summed E-state index contributed by atoms with van der Waals surface area (Å²) in [5.41, 5.74) is 1.24. The van der Waals surface area contributed by atoms with E-state index in [1.54, 1.807) is 31.2 Å². The molecule has 0 aromatic heterocycles. The van der Waals surface area contributed by atoms with Gasteiger partial charge in [0.15, 0.2) is 18.0 Å². The highest BCUT2D eigenvalue weighted by molar-refractivity contribution is 6.04. The van der Waals surface area contributed by atoms with Crippen molar-refractivity contribution in [3.8, 4) is 0 Å². The van der Waals surface area contributed by atoms with E-state index in [-0.39, 0.29) is 13.2 Å². The largest absolute Gasteiger partial charge is 0.464 e. The smallest absolute Gasteiger partial charge is 0.338 e. The van der Waals surface area contributed by atoms with Crippen molar-refractivity contribution in [1.29, 1.82) is 0 Å². The molecule has 0 bridgehead atoms. The lowest BCUT2D eigenvalue weighted by Gasteiger charge is -2.26. The van der Waals surface area contributed by atoms with Crippen LogP contribution >= 0.6 is 0 Å². The van der Waals surface area contributed by atoms with Gasteiger partial charge in [0.1, 0.15) is 0 Å². The predicted octanol–water partition coefficient (Wildman–Crippen LogP) is 0.692. The summed E-state index contributed by atoms with van der Waals surface area (Å²) in [6.45, 7) is 1.97. The van der Waals surface area contributed by atoms with Gasteiger partial charge in [0.25, 0.3) is 0 Å². The number of ether oxygens (including phenoxy) is 2. The molecule has 1 N–H and O–H groups in total. The number of aliphatic hydroxyl groups is 1. The quantitative estimate of drug-likeness (QED) is 0.799. The highest BCUT2D eigenvalue weighted by Crippen LogP contribution is 2.22. The average molecular weight is 250 g/mol. The van der Waals surface area contributed by atoms with Crippen LogP contribution in [0.25, 0.3) is 0 Å². The van der Waals surface area contributed by atoms with Gasteiger partial charge in [0.2, 0.25) is 0 Å². The Balaban J connectivity index is 2.19. The molecule has 1 aliphatic rings. The average Bonchev–Trinajstić information content (AvgIpc) is 2.39. The third-order valence-corrected chi connectivity index (χ3v) is 2.77. The monoisotopic (exact) mass is 250 g/mol. The molecular formula is C13H14O5. The topological polar surface area (TPSA) is 72.8 Å². The molecule has 96 valence electrons. The molecule has 1 heterocycles. The first-order chi connectivity index (χ1) is 8.65. The van der Waals surface area contributed by atoms with Crippen LogP contribution in [0.2, 0.25) is 0 Å². The maximum atomic E-state index is 12.1. The van der Waals surface area contributed by atoms with Gasteiger partial charge in [-0.1, -0.05) is 24.3 Å². The van der Waals surface area contributed by atoms with Gasteiger partial charge in [-0.3, -0.25) is 4.79 Å². The third kappa shape index (κ3) is 2.27. The molecular weight excluding hydrogens is 236 g/mol. The second-order valence-electron chi connectivity index (χ2n) is 3.95. The molecule has 2 unspecified atom stereocenters. The van der Waals surface area contributed by atoms with Crippen molar-refractivity contribution >= 4 is 11.8 Å². The molecule has 1 aromatic rings. The van der Waals surface area contributed by atoms with E-state index in [0.717, 1.165) is 5.56 Å². The zero-order chi connectivity index (χ0) is 13.1. The first-order valence-corrected chi connectivity index (χ1v) is 5.73. The van der Waals surface area contributed by atoms with Gasteiger partial charge in [-0.05, 0) is 12.5 Å². The highest BCUT2D eigenvalue weighted by atomic mass is 16.6. The second kappa shape index (κ2) is 5.29. The SMILES string of the molecule is CCOC(=O)C(O)C1OCc2ccccc2C1=O. The van der Waals surface area contributed by atoms with Crippen molar-refractivity contribution < 1.29 is 24.2 Å².